The van der Waals surface area contributed by atoms with Crippen LogP contribution in [0.3, 0.4) is 0 Å². The van der Waals surface area contributed by atoms with E-state index in [2.05, 4.69) is 39.4 Å². The summed E-state index contributed by atoms with van der Waals surface area (Å²) in [7, 11) is 1.76. The van der Waals surface area contributed by atoms with E-state index < -0.39 is 6.10 Å². The minimum Gasteiger partial charge on any atom is -0.392 e. The SMILES string of the molecule is CCN(CC)c1nc(NC)nc(NCC(C)O)n1. The van der Waals surface area contributed by atoms with Gasteiger partial charge in [0.25, 0.3) is 0 Å². The zero-order chi connectivity index (χ0) is 13.5. The lowest BCUT2D eigenvalue weighted by Gasteiger charge is -2.19. The largest absolute Gasteiger partial charge is 0.392 e. The lowest BCUT2D eigenvalue weighted by atomic mass is 10.4. The second-order valence-electron chi connectivity index (χ2n) is 3.93. The molecule has 7 nitrogen and oxygen atoms in total. The number of hydrogen-bond acceptors (Lipinski definition) is 7. The van der Waals surface area contributed by atoms with Crippen LogP contribution in [0.2, 0.25) is 0 Å². The third kappa shape index (κ3) is 3.99. The summed E-state index contributed by atoms with van der Waals surface area (Å²) < 4.78 is 0. The highest BCUT2D eigenvalue weighted by molar-refractivity contribution is 5.43. The summed E-state index contributed by atoms with van der Waals surface area (Å²) >= 11 is 0. The van der Waals surface area contributed by atoms with E-state index in [0.29, 0.717) is 24.4 Å². The first-order valence-corrected chi connectivity index (χ1v) is 6.21. The predicted molar refractivity (Wildman–Crippen MR) is 73.1 cm³/mol. The summed E-state index contributed by atoms with van der Waals surface area (Å²) in [5.41, 5.74) is 0. The molecule has 7 heteroatoms. The van der Waals surface area contributed by atoms with Crippen molar-refractivity contribution < 1.29 is 5.11 Å². The van der Waals surface area contributed by atoms with E-state index >= 15 is 0 Å². The van der Waals surface area contributed by atoms with Crippen molar-refractivity contribution >= 4 is 17.8 Å². The smallest absolute Gasteiger partial charge is 0.231 e. The molecule has 0 amide bonds. The van der Waals surface area contributed by atoms with Gasteiger partial charge in [0.15, 0.2) is 0 Å². The van der Waals surface area contributed by atoms with Crippen molar-refractivity contribution in [2.24, 2.45) is 0 Å². The van der Waals surface area contributed by atoms with Gasteiger partial charge in [-0.1, -0.05) is 0 Å². The van der Waals surface area contributed by atoms with Crippen molar-refractivity contribution in [1.82, 2.24) is 15.0 Å². The maximum Gasteiger partial charge on any atom is 0.231 e. The minimum atomic E-state index is -0.447. The van der Waals surface area contributed by atoms with Gasteiger partial charge >= 0.3 is 0 Å². The van der Waals surface area contributed by atoms with Crippen LogP contribution in [-0.2, 0) is 0 Å². The fourth-order valence-electron chi connectivity index (χ4n) is 1.44. The first kappa shape index (κ1) is 14.4. The second-order valence-corrected chi connectivity index (χ2v) is 3.93. The normalized spacial score (nSPS) is 12.1. The average molecular weight is 254 g/mol. The van der Waals surface area contributed by atoms with Crippen LogP contribution in [-0.4, -0.2) is 52.8 Å². The molecule has 0 fully saturated rings. The Bertz CT molecular complexity index is 367. The molecular weight excluding hydrogens is 232 g/mol. The molecule has 1 rings (SSSR count). The van der Waals surface area contributed by atoms with Gasteiger partial charge < -0.3 is 20.6 Å². The van der Waals surface area contributed by atoms with Gasteiger partial charge in [-0.3, -0.25) is 0 Å². The number of nitrogens with zero attached hydrogens (tertiary/aromatic N) is 4. The van der Waals surface area contributed by atoms with E-state index in [1.165, 1.54) is 0 Å². The Labute approximate surface area is 108 Å². The number of nitrogens with one attached hydrogen (secondary N) is 2. The molecule has 1 unspecified atom stereocenters. The minimum absolute atomic E-state index is 0.408. The van der Waals surface area contributed by atoms with Crippen LogP contribution in [0.4, 0.5) is 17.8 Å². The first-order valence-electron chi connectivity index (χ1n) is 6.21. The molecule has 0 aliphatic heterocycles. The summed E-state index contributed by atoms with van der Waals surface area (Å²) in [5.74, 6) is 1.62. The molecule has 18 heavy (non-hydrogen) atoms. The molecule has 1 atom stereocenters. The first-order chi connectivity index (χ1) is 8.60. The molecule has 102 valence electrons. The van der Waals surface area contributed by atoms with Gasteiger partial charge in [-0.15, -0.1) is 0 Å². The van der Waals surface area contributed by atoms with Gasteiger partial charge in [0, 0.05) is 26.7 Å². The molecule has 0 saturated heterocycles. The zero-order valence-electron chi connectivity index (χ0n) is 11.4. The van der Waals surface area contributed by atoms with Gasteiger partial charge in [-0.25, -0.2) is 0 Å². The van der Waals surface area contributed by atoms with Crippen molar-refractivity contribution in [3.05, 3.63) is 0 Å². The molecule has 0 aliphatic carbocycles. The van der Waals surface area contributed by atoms with Crippen molar-refractivity contribution in [2.75, 3.05) is 42.2 Å². The monoisotopic (exact) mass is 254 g/mol. The quantitative estimate of drug-likeness (QED) is 0.655. The van der Waals surface area contributed by atoms with Gasteiger partial charge in [0.05, 0.1) is 6.10 Å². The van der Waals surface area contributed by atoms with Crippen LogP contribution in [0, 0.1) is 0 Å². The summed E-state index contributed by atoms with van der Waals surface area (Å²) in [6.07, 6.45) is -0.447. The number of anilines is 3. The number of hydrogen-bond donors (Lipinski definition) is 3. The Hall–Kier alpha value is -1.63. The fourth-order valence-corrected chi connectivity index (χ4v) is 1.44. The number of aliphatic hydroxyl groups excluding tert-OH is 1. The summed E-state index contributed by atoms with van der Waals surface area (Å²) in [4.78, 5) is 14.9. The van der Waals surface area contributed by atoms with Gasteiger partial charge in [-0.2, -0.15) is 15.0 Å². The maximum absolute atomic E-state index is 9.25. The van der Waals surface area contributed by atoms with Crippen molar-refractivity contribution in [3.63, 3.8) is 0 Å². The molecule has 0 bridgehead atoms. The maximum atomic E-state index is 9.25. The highest BCUT2D eigenvalue weighted by atomic mass is 16.3. The third-order valence-corrected chi connectivity index (χ3v) is 2.45. The van der Waals surface area contributed by atoms with Crippen LogP contribution < -0.4 is 15.5 Å². The van der Waals surface area contributed by atoms with E-state index in [1.807, 2.05) is 4.90 Å². The lowest BCUT2D eigenvalue weighted by Crippen LogP contribution is -2.26. The van der Waals surface area contributed by atoms with Gasteiger partial charge in [-0.05, 0) is 20.8 Å². The van der Waals surface area contributed by atoms with E-state index in [1.54, 1.807) is 14.0 Å². The van der Waals surface area contributed by atoms with Crippen LogP contribution in [0.5, 0.6) is 0 Å². The molecule has 0 radical (unpaired) electrons. The summed E-state index contributed by atoms with van der Waals surface area (Å²) in [5, 5.41) is 15.1. The Balaban J connectivity index is 2.93. The Morgan fingerprint density at radius 1 is 1.17 bits per heavy atom. The van der Waals surface area contributed by atoms with E-state index in [4.69, 9.17) is 0 Å². The summed E-state index contributed by atoms with van der Waals surface area (Å²) in [6.45, 7) is 7.88. The molecule has 1 aromatic heterocycles. The molecule has 0 spiro atoms. The molecule has 0 aromatic carbocycles. The van der Waals surface area contributed by atoms with Gasteiger partial charge in [0.1, 0.15) is 0 Å². The third-order valence-electron chi connectivity index (χ3n) is 2.45. The Morgan fingerprint density at radius 3 is 2.28 bits per heavy atom. The van der Waals surface area contributed by atoms with Crippen LogP contribution in [0.15, 0.2) is 0 Å². The van der Waals surface area contributed by atoms with Crippen LogP contribution >= 0.6 is 0 Å². The molecule has 0 aliphatic rings. The molecule has 1 aromatic rings. The van der Waals surface area contributed by atoms with E-state index in [0.717, 1.165) is 13.1 Å². The molecule has 3 N–H and O–H groups in total. The standard InChI is InChI=1S/C11H22N6O/c1-5-17(6-2)11-15-9(12-4)14-10(16-11)13-7-8(3)18/h8,18H,5-7H2,1-4H3,(H2,12,13,14,15,16). The summed E-state index contributed by atoms with van der Waals surface area (Å²) in [6, 6.07) is 0. The number of aromatic nitrogens is 3. The zero-order valence-corrected chi connectivity index (χ0v) is 11.4. The molecular formula is C11H22N6O. The fraction of sp³-hybridized carbons (Fsp3) is 0.727. The Kier molecular flexibility index (Phi) is 5.57. The molecule has 0 saturated carbocycles. The van der Waals surface area contributed by atoms with Crippen molar-refractivity contribution in [1.29, 1.82) is 0 Å². The highest BCUT2D eigenvalue weighted by Crippen LogP contribution is 2.12. The number of aliphatic hydroxyl groups is 1. The van der Waals surface area contributed by atoms with Crippen molar-refractivity contribution in [3.8, 4) is 0 Å². The molecule has 1 heterocycles. The van der Waals surface area contributed by atoms with E-state index in [9.17, 15) is 5.11 Å². The van der Waals surface area contributed by atoms with Crippen molar-refractivity contribution in [2.45, 2.75) is 26.9 Å². The lowest BCUT2D eigenvalue weighted by molar-refractivity contribution is 0.208. The van der Waals surface area contributed by atoms with Crippen LogP contribution in [0.25, 0.3) is 0 Å². The van der Waals surface area contributed by atoms with Crippen LogP contribution in [0.1, 0.15) is 20.8 Å². The number of rotatable bonds is 7. The second kappa shape index (κ2) is 6.95. The topological polar surface area (TPSA) is 86.2 Å². The highest BCUT2D eigenvalue weighted by Gasteiger charge is 2.10. The predicted octanol–water partition coefficient (Wildman–Crippen LogP) is 0.552. The van der Waals surface area contributed by atoms with E-state index in [-0.39, 0.29) is 0 Å². The Morgan fingerprint density at radius 2 is 1.78 bits per heavy atom. The average Bonchev–Trinajstić information content (AvgIpc) is 2.37. The van der Waals surface area contributed by atoms with Gasteiger partial charge in [0.2, 0.25) is 17.8 Å².